The van der Waals surface area contributed by atoms with Gasteiger partial charge in [0.25, 0.3) is 6.48 Å². The van der Waals surface area contributed by atoms with Crippen LogP contribution in [0.15, 0.2) is 0 Å². The summed E-state index contributed by atoms with van der Waals surface area (Å²) in [7, 11) is 0. The molecule has 3 nitrogen and oxygen atoms in total. The van der Waals surface area contributed by atoms with Gasteiger partial charge >= 0.3 is 0 Å². The molecule has 0 aromatic carbocycles. The van der Waals surface area contributed by atoms with E-state index in [9.17, 15) is 0 Å². The fourth-order valence-corrected chi connectivity index (χ4v) is 0.223. The Bertz CT molecular complexity index is 37.8. The summed E-state index contributed by atoms with van der Waals surface area (Å²) in [5, 5.41) is 7.98. The topological polar surface area (TPSA) is 38.7 Å². The second-order valence-electron chi connectivity index (χ2n) is 0.568. The third-order valence-corrected chi connectivity index (χ3v) is 0.730. The smallest absolute Gasteiger partial charge is 0.295 e. The van der Waals surface area contributed by atoms with Crippen molar-refractivity contribution in [1.29, 1.82) is 0 Å². The maximum Gasteiger partial charge on any atom is 0.295 e. The normalized spacial score (nSPS) is 21.5. The zero-order valence-corrected chi connectivity index (χ0v) is 5.98. The second kappa shape index (κ2) is 3.49. The molecule has 1 heterocycles. The number of aliphatic hydroxyl groups is 1. The predicted octanol–water partition coefficient (Wildman–Crippen LogP) is -0.508. The van der Waals surface area contributed by atoms with Gasteiger partial charge in [0, 0.05) is 37.7 Å². The molecule has 0 saturated carbocycles. The summed E-state index contributed by atoms with van der Waals surface area (Å²) in [5.74, 6) is 0. The molecule has 1 fully saturated rings. The van der Waals surface area contributed by atoms with E-state index in [0.29, 0.717) is 0 Å². The van der Waals surface area contributed by atoms with Crippen molar-refractivity contribution in [2.24, 2.45) is 0 Å². The molecule has 2 radical (unpaired) electrons. The van der Waals surface area contributed by atoms with Crippen molar-refractivity contribution in [2.45, 2.75) is 6.48 Å². The molecule has 0 aromatic heterocycles. The Morgan fingerprint density at radius 1 is 1.50 bits per heavy atom. The van der Waals surface area contributed by atoms with E-state index < -0.39 is 6.48 Å². The standard InChI is InChI=1S/CH2O3S.Ca/c2-1-3-5-4-1;/h1-2H;. The average Bonchev–Trinajstić information content (AvgIpc) is 1.30. The molecule has 0 spiro atoms. The van der Waals surface area contributed by atoms with E-state index in [0.717, 1.165) is 12.3 Å². The van der Waals surface area contributed by atoms with E-state index in [-0.39, 0.29) is 37.7 Å². The fraction of sp³-hybridized carbons (Fsp3) is 1.00. The average molecular weight is 134 g/mol. The predicted molar refractivity (Wildman–Crippen MR) is 21.5 cm³/mol. The van der Waals surface area contributed by atoms with E-state index >= 15 is 0 Å². The van der Waals surface area contributed by atoms with Crippen LogP contribution in [0, 0.1) is 0 Å². The van der Waals surface area contributed by atoms with Crippen molar-refractivity contribution < 1.29 is 13.5 Å². The van der Waals surface area contributed by atoms with Crippen LogP contribution in [0.4, 0.5) is 0 Å². The minimum atomic E-state index is -0.972. The number of hydrogen-bond donors (Lipinski definition) is 1. The number of hydrogen-bond acceptors (Lipinski definition) is 4. The minimum absolute atomic E-state index is 0. The third kappa shape index (κ3) is 1.97. The van der Waals surface area contributed by atoms with Gasteiger partial charge in [0.15, 0.2) is 12.3 Å². The molecule has 1 N–H and O–H groups in total. The van der Waals surface area contributed by atoms with Crippen molar-refractivity contribution in [2.75, 3.05) is 0 Å². The van der Waals surface area contributed by atoms with Crippen LogP contribution in [-0.4, -0.2) is 49.3 Å². The first-order valence-electron chi connectivity index (χ1n) is 1.06. The molecule has 0 atom stereocenters. The van der Waals surface area contributed by atoms with Crippen molar-refractivity contribution in [1.82, 2.24) is 0 Å². The van der Waals surface area contributed by atoms with Gasteiger partial charge in [-0.15, -0.1) is 0 Å². The molecular formula is CH2CaO3S. The van der Waals surface area contributed by atoms with Crippen LogP contribution < -0.4 is 0 Å². The molecule has 32 valence electrons. The quantitative estimate of drug-likeness (QED) is 0.358. The molecule has 0 bridgehead atoms. The van der Waals surface area contributed by atoms with Crippen LogP contribution in [0.5, 0.6) is 0 Å². The molecule has 0 amide bonds. The Kier molecular flexibility index (Phi) is 4.35. The van der Waals surface area contributed by atoms with Crippen LogP contribution in [0.1, 0.15) is 0 Å². The molecule has 1 aliphatic heterocycles. The van der Waals surface area contributed by atoms with Crippen molar-refractivity contribution in [3.05, 3.63) is 0 Å². The molecule has 1 rings (SSSR count). The second-order valence-corrected chi connectivity index (χ2v) is 1.09. The number of aliphatic hydroxyl groups excluding tert-OH is 1. The Morgan fingerprint density at radius 3 is 1.83 bits per heavy atom. The molecule has 0 aromatic rings. The van der Waals surface area contributed by atoms with Gasteiger partial charge in [0.05, 0.1) is 0 Å². The first-order chi connectivity index (χ1) is 2.39. The maximum absolute atomic E-state index is 7.98. The van der Waals surface area contributed by atoms with Gasteiger partial charge in [-0.3, -0.25) is 0 Å². The van der Waals surface area contributed by atoms with Crippen LogP contribution in [0.25, 0.3) is 0 Å². The van der Waals surface area contributed by atoms with Crippen LogP contribution in [0.2, 0.25) is 0 Å². The summed E-state index contributed by atoms with van der Waals surface area (Å²) >= 11 is 0.795. The Labute approximate surface area is 69.4 Å². The summed E-state index contributed by atoms with van der Waals surface area (Å²) in [5.41, 5.74) is 0. The molecule has 0 unspecified atom stereocenters. The molecule has 5 heteroatoms. The monoisotopic (exact) mass is 134 g/mol. The largest absolute Gasteiger partial charge is 0.344 e. The van der Waals surface area contributed by atoms with Crippen molar-refractivity contribution >= 4 is 50.1 Å². The first kappa shape index (κ1) is 7.49. The van der Waals surface area contributed by atoms with Crippen molar-refractivity contribution in [3.63, 3.8) is 0 Å². The third-order valence-electron chi connectivity index (χ3n) is 0.243. The molecule has 1 aliphatic rings. The Morgan fingerprint density at radius 2 is 1.83 bits per heavy atom. The van der Waals surface area contributed by atoms with E-state index in [1.807, 2.05) is 0 Å². The van der Waals surface area contributed by atoms with Gasteiger partial charge in [0.2, 0.25) is 0 Å². The van der Waals surface area contributed by atoms with Crippen LogP contribution >= 0.6 is 12.3 Å². The fourth-order valence-electron chi connectivity index (χ4n) is 0.0744. The molecule has 6 heavy (non-hydrogen) atoms. The van der Waals surface area contributed by atoms with Crippen LogP contribution in [-0.2, 0) is 8.37 Å². The van der Waals surface area contributed by atoms with Gasteiger partial charge in [-0.25, -0.2) is 8.37 Å². The molecule has 1 saturated heterocycles. The van der Waals surface area contributed by atoms with E-state index in [1.165, 1.54) is 0 Å². The van der Waals surface area contributed by atoms with Gasteiger partial charge < -0.3 is 5.11 Å². The zero-order valence-electron chi connectivity index (χ0n) is 2.96. The number of rotatable bonds is 0. The van der Waals surface area contributed by atoms with Gasteiger partial charge in [-0.1, -0.05) is 0 Å². The molecular weight excluding hydrogens is 132 g/mol. The summed E-state index contributed by atoms with van der Waals surface area (Å²) in [4.78, 5) is 0. The van der Waals surface area contributed by atoms with Crippen LogP contribution in [0.3, 0.4) is 0 Å². The first-order valence-corrected chi connectivity index (χ1v) is 1.73. The van der Waals surface area contributed by atoms with E-state index in [1.54, 1.807) is 0 Å². The SMILES string of the molecule is OC1OSO1.[Ca]. The Hall–Kier alpha value is 1.49. The van der Waals surface area contributed by atoms with Gasteiger partial charge in [0.1, 0.15) is 0 Å². The van der Waals surface area contributed by atoms with E-state index in [4.69, 9.17) is 5.11 Å². The Balaban J connectivity index is 0.000000250. The maximum atomic E-state index is 7.98. The molecule has 0 aliphatic carbocycles. The zero-order chi connectivity index (χ0) is 3.70. The van der Waals surface area contributed by atoms with E-state index in [2.05, 4.69) is 8.37 Å². The van der Waals surface area contributed by atoms with Crippen molar-refractivity contribution in [3.8, 4) is 0 Å². The summed E-state index contributed by atoms with van der Waals surface area (Å²) in [6.07, 6.45) is 0. The summed E-state index contributed by atoms with van der Waals surface area (Å²) < 4.78 is 8.36. The van der Waals surface area contributed by atoms with Gasteiger partial charge in [-0.05, 0) is 0 Å². The summed E-state index contributed by atoms with van der Waals surface area (Å²) in [6.45, 7) is -0.972. The van der Waals surface area contributed by atoms with Gasteiger partial charge in [-0.2, -0.15) is 0 Å². The minimum Gasteiger partial charge on any atom is -0.344 e. The summed E-state index contributed by atoms with van der Waals surface area (Å²) in [6, 6.07) is 0.